The van der Waals surface area contributed by atoms with Gasteiger partial charge < -0.3 is 11.1 Å². The monoisotopic (exact) mass is 217 g/mol. The molecular weight excluding hydrogens is 206 g/mol. The van der Waals surface area contributed by atoms with Gasteiger partial charge >= 0.3 is 0 Å². The quantitative estimate of drug-likeness (QED) is 0.689. The second kappa shape index (κ2) is 4.43. The Bertz CT molecular complexity index is 480. The smallest absolute Gasteiger partial charge is 0.255 e. The van der Waals surface area contributed by atoms with E-state index < -0.39 is 0 Å². The maximum atomic E-state index is 11.7. The van der Waals surface area contributed by atoms with E-state index >= 15 is 0 Å². The number of aromatic nitrogens is 3. The maximum absolute atomic E-state index is 11.7. The molecule has 0 radical (unpaired) electrons. The fourth-order valence-corrected chi connectivity index (χ4v) is 1.25. The van der Waals surface area contributed by atoms with E-state index in [-0.39, 0.29) is 5.91 Å². The van der Waals surface area contributed by atoms with Crippen molar-refractivity contribution in [2.45, 2.75) is 6.54 Å². The third-order valence-corrected chi connectivity index (χ3v) is 2.11. The van der Waals surface area contributed by atoms with Gasteiger partial charge in [-0.15, -0.1) is 0 Å². The van der Waals surface area contributed by atoms with Crippen LogP contribution in [-0.2, 0) is 6.54 Å². The Hall–Kier alpha value is -2.37. The summed E-state index contributed by atoms with van der Waals surface area (Å²) in [7, 11) is 0. The number of hydrogen-bond donors (Lipinski definition) is 3. The van der Waals surface area contributed by atoms with Crippen LogP contribution in [0, 0.1) is 0 Å². The Kier molecular flexibility index (Phi) is 2.81. The van der Waals surface area contributed by atoms with Crippen LogP contribution in [0.1, 0.15) is 15.9 Å². The third-order valence-electron chi connectivity index (χ3n) is 2.11. The lowest BCUT2D eigenvalue weighted by molar-refractivity contribution is 0.0951. The molecule has 0 atom stereocenters. The average molecular weight is 217 g/mol. The summed E-state index contributed by atoms with van der Waals surface area (Å²) in [5, 5.41) is 9.17. The van der Waals surface area contributed by atoms with E-state index in [4.69, 9.17) is 5.73 Å². The molecule has 0 aliphatic heterocycles. The highest BCUT2D eigenvalue weighted by Gasteiger charge is 2.08. The lowest BCUT2D eigenvalue weighted by Crippen LogP contribution is -2.23. The summed E-state index contributed by atoms with van der Waals surface area (Å²) in [4.78, 5) is 15.6. The van der Waals surface area contributed by atoms with Crippen molar-refractivity contribution in [3.05, 3.63) is 42.0 Å². The zero-order chi connectivity index (χ0) is 11.4. The largest absolute Gasteiger partial charge is 0.398 e. The van der Waals surface area contributed by atoms with Gasteiger partial charge in [0.2, 0.25) is 0 Å². The van der Waals surface area contributed by atoms with Crippen molar-refractivity contribution in [2.75, 3.05) is 5.73 Å². The average Bonchev–Trinajstić information content (AvgIpc) is 2.79. The van der Waals surface area contributed by atoms with Gasteiger partial charge in [0.15, 0.2) is 0 Å². The van der Waals surface area contributed by atoms with Crippen LogP contribution in [0.25, 0.3) is 0 Å². The van der Waals surface area contributed by atoms with E-state index in [1.165, 1.54) is 6.20 Å². The molecule has 0 aliphatic rings. The molecular formula is C10H11N5O. The van der Waals surface area contributed by atoms with Crippen LogP contribution in [0.3, 0.4) is 0 Å². The van der Waals surface area contributed by atoms with E-state index in [1.807, 2.05) is 0 Å². The highest BCUT2D eigenvalue weighted by molar-refractivity contribution is 5.98. The highest BCUT2D eigenvalue weighted by atomic mass is 16.1. The Morgan fingerprint density at radius 3 is 3.06 bits per heavy atom. The lowest BCUT2D eigenvalue weighted by Gasteiger charge is -2.05. The number of nitrogens with two attached hydrogens (primary N) is 1. The topological polar surface area (TPSA) is 96.7 Å². The molecule has 0 saturated heterocycles. The molecule has 0 aromatic carbocycles. The van der Waals surface area contributed by atoms with Crippen molar-refractivity contribution in [3.63, 3.8) is 0 Å². The van der Waals surface area contributed by atoms with Crippen LogP contribution in [0.15, 0.2) is 30.9 Å². The van der Waals surface area contributed by atoms with E-state index in [0.717, 1.165) is 5.56 Å². The summed E-state index contributed by atoms with van der Waals surface area (Å²) in [5.41, 5.74) is 7.35. The fraction of sp³-hybridized carbons (Fsp3) is 0.100. The summed E-state index contributed by atoms with van der Waals surface area (Å²) in [6.07, 6.45) is 6.35. The molecule has 2 aromatic heterocycles. The molecule has 0 spiro atoms. The third kappa shape index (κ3) is 2.17. The molecule has 4 N–H and O–H groups in total. The highest BCUT2D eigenvalue weighted by Crippen LogP contribution is 2.08. The molecule has 1 amide bonds. The molecule has 2 heterocycles. The summed E-state index contributed by atoms with van der Waals surface area (Å²) < 4.78 is 0. The predicted octanol–water partition coefficient (Wildman–Crippen LogP) is 0.317. The number of amides is 1. The second-order valence-electron chi connectivity index (χ2n) is 3.25. The molecule has 0 aliphatic carbocycles. The van der Waals surface area contributed by atoms with E-state index in [0.29, 0.717) is 17.8 Å². The number of H-pyrrole nitrogens is 1. The first kappa shape index (κ1) is 10.2. The van der Waals surface area contributed by atoms with Crippen LogP contribution in [0.5, 0.6) is 0 Å². The van der Waals surface area contributed by atoms with Gasteiger partial charge in [0.1, 0.15) is 0 Å². The second-order valence-corrected chi connectivity index (χ2v) is 3.25. The minimum atomic E-state index is -0.244. The minimum Gasteiger partial charge on any atom is -0.398 e. The standard InChI is InChI=1S/C10H11N5O/c11-9-1-2-12-6-8(9)10(16)13-3-7-4-14-15-5-7/h1-2,4-6H,3H2,(H2,11,12)(H,13,16)(H,14,15). The molecule has 16 heavy (non-hydrogen) atoms. The molecule has 82 valence electrons. The number of nitrogens with one attached hydrogen (secondary N) is 2. The van der Waals surface area contributed by atoms with Gasteiger partial charge in [0.05, 0.1) is 11.8 Å². The minimum absolute atomic E-state index is 0.244. The van der Waals surface area contributed by atoms with E-state index in [2.05, 4.69) is 20.5 Å². The van der Waals surface area contributed by atoms with Crippen LogP contribution >= 0.6 is 0 Å². The molecule has 0 unspecified atom stereocenters. The molecule has 2 aromatic rings. The summed E-state index contributed by atoms with van der Waals surface area (Å²) in [6, 6.07) is 1.59. The number of pyridine rings is 1. The molecule has 0 bridgehead atoms. The number of anilines is 1. The molecule has 6 nitrogen and oxygen atoms in total. The Morgan fingerprint density at radius 1 is 1.50 bits per heavy atom. The predicted molar refractivity (Wildman–Crippen MR) is 58.4 cm³/mol. The SMILES string of the molecule is Nc1ccncc1C(=O)NCc1cn[nH]c1. The van der Waals surface area contributed by atoms with Crippen molar-refractivity contribution in [3.8, 4) is 0 Å². The van der Waals surface area contributed by atoms with Gasteiger partial charge in [-0.3, -0.25) is 14.9 Å². The number of aromatic amines is 1. The Morgan fingerprint density at radius 2 is 2.38 bits per heavy atom. The van der Waals surface area contributed by atoms with E-state index in [1.54, 1.807) is 24.7 Å². The van der Waals surface area contributed by atoms with Crippen molar-refractivity contribution in [2.24, 2.45) is 0 Å². The van der Waals surface area contributed by atoms with Gasteiger partial charge in [-0.05, 0) is 6.07 Å². The fourth-order valence-electron chi connectivity index (χ4n) is 1.25. The Labute approximate surface area is 91.9 Å². The number of carbonyl (C=O) groups is 1. The van der Waals surface area contributed by atoms with E-state index in [9.17, 15) is 4.79 Å². The van der Waals surface area contributed by atoms with Crippen molar-refractivity contribution in [1.82, 2.24) is 20.5 Å². The first-order chi connectivity index (χ1) is 7.77. The van der Waals surface area contributed by atoms with Crippen molar-refractivity contribution in [1.29, 1.82) is 0 Å². The first-order valence-corrected chi connectivity index (χ1v) is 4.72. The first-order valence-electron chi connectivity index (χ1n) is 4.72. The van der Waals surface area contributed by atoms with Crippen molar-refractivity contribution < 1.29 is 4.79 Å². The van der Waals surface area contributed by atoms with Crippen LogP contribution in [0.4, 0.5) is 5.69 Å². The lowest BCUT2D eigenvalue weighted by atomic mass is 10.2. The van der Waals surface area contributed by atoms with Gasteiger partial charge in [0.25, 0.3) is 5.91 Å². The Balaban J connectivity index is 2.01. The zero-order valence-corrected chi connectivity index (χ0v) is 8.47. The zero-order valence-electron chi connectivity index (χ0n) is 8.47. The maximum Gasteiger partial charge on any atom is 0.255 e. The van der Waals surface area contributed by atoms with Crippen LogP contribution < -0.4 is 11.1 Å². The van der Waals surface area contributed by atoms with Gasteiger partial charge in [-0.1, -0.05) is 0 Å². The van der Waals surface area contributed by atoms with Crippen molar-refractivity contribution >= 4 is 11.6 Å². The number of nitrogens with zero attached hydrogens (tertiary/aromatic N) is 2. The van der Waals surface area contributed by atoms with Gasteiger partial charge in [0, 0.05) is 36.4 Å². The van der Waals surface area contributed by atoms with Crippen LogP contribution in [-0.4, -0.2) is 21.1 Å². The van der Waals surface area contributed by atoms with Gasteiger partial charge in [-0.25, -0.2) is 0 Å². The molecule has 6 heteroatoms. The summed E-state index contributed by atoms with van der Waals surface area (Å²) >= 11 is 0. The molecule has 0 saturated carbocycles. The number of carbonyl (C=O) groups excluding carboxylic acids is 1. The summed E-state index contributed by atoms with van der Waals surface area (Å²) in [6.45, 7) is 0.406. The van der Waals surface area contributed by atoms with Gasteiger partial charge in [-0.2, -0.15) is 5.10 Å². The molecule has 2 rings (SSSR count). The number of nitrogen functional groups attached to an aromatic ring is 1. The number of rotatable bonds is 3. The number of hydrogen-bond acceptors (Lipinski definition) is 4. The van der Waals surface area contributed by atoms with Crippen LogP contribution in [0.2, 0.25) is 0 Å². The summed E-state index contributed by atoms with van der Waals surface area (Å²) in [5.74, 6) is -0.244. The molecule has 0 fully saturated rings. The normalized spacial score (nSPS) is 10.0.